The number of nitrogens with one attached hydrogen (secondary N) is 1. The first-order valence-electron chi connectivity index (χ1n) is 6.74. The summed E-state index contributed by atoms with van der Waals surface area (Å²) in [7, 11) is 1.68. The average Bonchev–Trinajstić information content (AvgIpc) is 2.39. The molecular formula is C15H25NO2. The Morgan fingerprint density at radius 3 is 2.61 bits per heavy atom. The monoisotopic (exact) mass is 251 g/mol. The van der Waals surface area contributed by atoms with Gasteiger partial charge in [-0.15, -0.1) is 0 Å². The Bertz CT molecular complexity index is 352. The van der Waals surface area contributed by atoms with Crippen molar-refractivity contribution in [3.63, 3.8) is 0 Å². The molecule has 1 aromatic rings. The molecule has 0 heterocycles. The molecule has 0 fully saturated rings. The van der Waals surface area contributed by atoms with Crippen molar-refractivity contribution in [1.82, 2.24) is 5.32 Å². The molecule has 0 amide bonds. The lowest BCUT2D eigenvalue weighted by Gasteiger charge is -2.15. The average molecular weight is 251 g/mol. The standard InChI is InChI=1S/C15H25NO2/c1-5-13-7-8-14(15(11-13)17-4)18-10-9-12(3)16-6-2/h7-8,11-12,16H,5-6,9-10H2,1-4H3. The Kier molecular flexibility index (Phi) is 6.58. The van der Waals surface area contributed by atoms with Crippen molar-refractivity contribution in [1.29, 1.82) is 0 Å². The van der Waals surface area contributed by atoms with Crippen LogP contribution < -0.4 is 14.8 Å². The van der Waals surface area contributed by atoms with E-state index in [-0.39, 0.29) is 0 Å². The lowest BCUT2D eigenvalue weighted by Crippen LogP contribution is -2.27. The molecule has 1 aromatic carbocycles. The maximum absolute atomic E-state index is 5.78. The number of methoxy groups -OCH3 is 1. The maximum Gasteiger partial charge on any atom is 0.161 e. The van der Waals surface area contributed by atoms with E-state index in [1.165, 1.54) is 5.56 Å². The molecule has 102 valence electrons. The second-order valence-electron chi connectivity index (χ2n) is 4.43. The second kappa shape index (κ2) is 7.98. The Balaban J connectivity index is 2.51. The van der Waals surface area contributed by atoms with Crippen molar-refractivity contribution in [3.05, 3.63) is 23.8 Å². The Morgan fingerprint density at radius 1 is 1.22 bits per heavy atom. The fourth-order valence-electron chi connectivity index (χ4n) is 1.85. The quantitative estimate of drug-likeness (QED) is 0.770. The predicted molar refractivity (Wildman–Crippen MR) is 75.6 cm³/mol. The van der Waals surface area contributed by atoms with E-state index in [9.17, 15) is 0 Å². The Labute approximate surface area is 110 Å². The van der Waals surface area contributed by atoms with Crippen LogP contribution in [0.4, 0.5) is 0 Å². The topological polar surface area (TPSA) is 30.5 Å². The van der Waals surface area contributed by atoms with E-state index in [0.29, 0.717) is 12.6 Å². The summed E-state index contributed by atoms with van der Waals surface area (Å²) in [4.78, 5) is 0. The molecule has 0 saturated heterocycles. The minimum Gasteiger partial charge on any atom is -0.493 e. The van der Waals surface area contributed by atoms with Gasteiger partial charge in [-0.2, -0.15) is 0 Å². The highest BCUT2D eigenvalue weighted by Gasteiger charge is 2.06. The number of ether oxygens (including phenoxy) is 2. The van der Waals surface area contributed by atoms with Gasteiger partial charge in [0.2, 0.25) is 0 Å². The maximum atomic E-state index is 5.78. The molecule has 0 aromatic heterocycles. The summed E-state index contributed by atoms with van der Waals surface area (Å²) in [5, 5.41) is 3.37. The van der Waals surface area contributed by atoms with E-state index in [0.717, 1.165) is 30.9 Å². The Morgan fingerprint density at radius 2 is 2.00 bits per heavy atom. The fourth-order valence-corrected chi connectivity index (χ4v) is 1.85. The van der Waals surface area contributed by atoms with Crippen LogP contribution in [0.25, 0.3) is 0 Å². The first-order valence-corrected chi connectivity index (χ1v) is 6.74. The fraction of sp³-hybridized carbons (Fsp3) is 0.600. The van der Waals surface area contributed by atoms with E-state index in [1.54, 1.807) is 7.11 Å². The number of benzene rings is 1. The molecule has 1 rings (SSSR count). The molecule has 1 N–H and O–H groups in total. The Hall–Kier alpha value is -1.22. The highest BCUT2D eigenvalue weighted by Crippen LogP contribution is 2.28. The number of hydrogen-bond acceptors (Lipinski definition) is 3. The minimum absolute atomic E-state index is 0.482. The van der Waals surface area contributed by atoms with Crippen molar-refractivity contribution in [2.24, 2.45) is 0 Å². The zero-order valence-electron chi connectivity index (χ0n) is 12.0. The first-order chi connectivity index (χ1) is 8.71. The summed E-state index contributed by atoms with van der Waals surface area (Å²) in [6, 6.07) is 6.61. The summed E-state index contributed by atoms with van der Waals surface area (Å²) in [6.45, 7) is 8.12. The van der Waals surface area contributed by atoms with E-state index < -0.39 is 0 Å². The zero-order chi connectivity index (χ0) is 13.4. The molecule has 0 aliphatic rings. The van der Waals surface area contributed by atoms with Crippen molar-refractivity contribution >= 4 is 0 Å². The zero-order valence-corrected chi connectivity index (χ0v) is 12.0. The van der Waals surface area contributed by atoms with E-state index in [1.807, 2.05) is 12.1 Å². The molecule has 3 heteroatoms. The third-order valence-corrected chi connectivity index (χ3v) is 3.00. The SMILES string of the molecule is CCNC(C)CCOc1ccc(CC)cc1OC. The van der Waals surface area contributed by atoms with Gasteiger partial charge in [-0.25, -0.2) is 0 Å². The minimum atomic E-state index is 0.482. The lowest BCUT2D eigenvalue weighted by molar-refractivity contribution is 0.274. The lowest BCUT2D eigenvalue weighted by atomic mass is 10.1. The summed E-state index contributed by atoms with van der Waals surface area (Å²) in [5.41, 5.74) is 1.26. The molecule has 1 unspecified atom stereocenters. The van der Waals surface area contributed by atoms with Gasteiger partial charge in [0.05, 0.1) is 13.7 Å². The van der Waals surface area contributed by atoms with E-state index >= 15 is 0 Å². The van der Waals surface area contributed by atoms with Gasteiger partial charge in [-0.05, 0) is 44.0 Å². The third-order valence-electron chi connectivity index (χ3n) is 3.00. The summed E-state index contributed by atoms with van der Waals surface area (Å²) < 4.78 is 11.1. The third kappa shape index (κ3) is 4.57. The normalized spacial score (nSPS) is 12.2. The van der Waals surface area contributed by atoms with Crippen molar-refractivity contribution < 1.29 is 9.47 Å². The van der Waals surface area contributed by atoms with Crippen LogP contribution in [0, 0.1) is 0 Å². The van der Waals surface area contributed by atoms with Gasteiger partial charge in [0.1, 0.15) is 0 Å². The van der Waals surface area contributed by atoms with Crippen LogP contribution in [0.15, 0.2) is 18.2 Å². The molecule has 18 heavy (non-hydrogen) atoms. The smallest absolute Gasteiger partial charge is 0.161 e. The molecular weight excluding hydrogens is 226 g/mol. The van der Waals surface area contributed by atoms with Crippen molar-refractivity contribution in [2.75, 3.05) is 20.3 Å². The van der Waals surface area contributed by atoms with Crippen molar-refractivity contribution in [3.8, 4) is 11.5 Å². The molecule has 0 aliphatic carbocycles. The molecule has 0 saturated carbocycles. The van der Waals surface area contributed by atoms with Gasteiger partial charge in [-0.3, -0.25) is 0 Å². The summed E-state index contributed by atoms with van der Waals surface area (Å²) in [5.74, 6) is 1.66. The van der Waals surface area contributed by atoms with Gasteiger partial charge in [0.15, 0.2) is 11.5 Å². The van der Waals surface area contributed by atoms with Crippen LogP contribution in [0.3, 0.4) is 0 Å². The summed E-state index contributed by atoms with van der Waals surface area (Å²) >= 11 is 0. The van der Waals surface area contributed by atoms with Gasteiger partial charge >= 0.3 is 0 Å². The van der Waals surface area contributed by atoms with Crippen LogP contribution in [0.2, 0.25) is 0 Å². The number of rotatable bonds is 8. The van der Waals surface area contributed by atoms with Gasteiger partial charge in [-0.1, -0.05) is 19.9 Å². The van der Waals surface area contributed by atoms with Crippen LogP contribution >= 0.6 is 0 Å². The molecule has 3 nitrogen and oxygen atoms in total. The van der Waals surface area contributed by atoms with Gasteiger partial charge in [0, 0.05) is 6.04 Å². The van der Waals surface area contributed by atoms with Crippen LogP contribution in [-0.2, 0) is 6.42 Å². The van der Waals surface area contributed by atoms with E-state index in [4.69, 9.17) is 9.47 Å². The first kappa shape index (κ1) is 14.8. The molecule has 0 radical (unpaired) electrons. The predicted octanol–water partition coefficient (Wildman–Crippen LogP) is 3.02. The molecule has 0 aliphatic heterocycles. The molecule has 0 bridgehead atoms. The molecule has 1 atom stereocenters. The van der Waals surface area contributed by atoms with Gasteiger partial charge < -0.3 is 14.8 Å². The second-order valence-corrected chi connectivity index (χ2v) is 4.43. The van der Waals surface area contributed by atoms with Crippen molar-refractivity contribution in [2.45, 2.75) is 39.7 Å². The van der Waals surface area contributed by atoms with Gasteiger partial charge in [0.25, 0.3) is 0 Å². The van der Waals surface area contributed by atoms with Crippen LogP contribution in [-0.4, -0.2) is 26.3 Å². The summed E-state index contributed by atoms with van der Waals surface area (Å²) in [6.07, 6.45) is 2.00. The van der Waals surface area contributed by atoms with Crippen LogP contribution in [0.1, 0.15) is 32.8 Å². The van der Waals surface area contributed by atoms with E-state index in [2.05, 4.69) is 32.2 Å². The highest BCUT2D eigenvalue weighted by atomic mass is 16.5. The highest BCUT2D eigenvalue weighted by molar-refractivity contribution is 5.42. The number of hydrogen-bond donors (Lipinski definition) is 1. The van der Waals surface area contributed by atoms with Crippen LogP contribution in [0.5, 0.6) is 11.5 Å². The molecule has 0 spiro atoms. The largest absolute Gasteiger partial charge is 0.493 e. The number of aryl methyl sites for hydroxylation is 1.